The predicted octanol–water partition coefficient (Wildman–Crippen LogP) is 4.17. The molecular weight excluding hydrogens is 311 g/mol. The van der Waals surface area contributed by atoms with Gasteiger partial charge in [-0.05, 0) is 49.6 Å². The second-order valence-electron chi connectivity index (χ2n) is 5.57. The fourth-order valence-electron chi connectivity index (χ4n) is 2.59. The van der Waals surface area contributed by atoms with Crippen LogP contribution in [0.5, 0.6) is 0 Å². The van der Waals surface area contributed by atoms with Gasteiger partial charge in [-0.3, -0.25) is 0 Å². The molecule has 0 aliphatic rings. The number of aromatic nitrogens is 2. The van der Waals surface area contributed by atoms with E-state index in [2.05, 4.69) is 10.1 Å². The highest BCUT2D eigenvalue weighted by Gasteiger charge is 2.20. The van der Waals surface area contributed by atoms with Crippen LogP contribution >= 0.6 is 0 Å². The Morgan fingerprint density at radius 3 is 2.58 bits per heavy atom. The lowest BCUT2D eigenvalue weighted by atomic mass is 10.0. The molecule has 122 valence electrons. The van der Waals surface area contributed by atoms with E-state index in [4.69, 9.17) is 4.52 Å². The lowest BCUT2D eigenvalue weighted by Crippen LogP contribution is -2.01. The largest absolute Gasteiger partial charge is 0.478 e. The van der Waals surface area contributed by atoms with Crippen LogP contribution < -0.4 is 0 Å². The van der Waals surface area contributed by atoms with E-state index in [1.807, 2.05) is 6.92 Å². The molecule has 0 saturated carbocycles. The predicted molar refractivity (Wildman–Crippen MR) is 86.3 cm³/mol. The number of aromatic carboxylic acids is 1. The van der Waals surface area contributed by atoms with Gasteiger partial charge in [0, 0.05) is 5.56 Å². The summed E-state index contributed by atoms with van der Waals surface area (Å²) in [5.74, 6) is -1.17. The van der Waals surface area contributed by atoms with Gasteiger partial charge in [-0.1, -0.05) is 23.4 Å². The minimum absolute atomic E-state index is 0.0730. The van der Waals surface area contributed by atoms with Crippen LogP contribution in [-0.4, -0.2) is 21.2 Å². The SMILES string of the molecule is Cc1ccc(F)c(-c2nc(-c3cccc(C(=O)O)c3C)no2)c1C. The number of hydrogen-bond donors (Lipinski definition) is 1. The van der Waals surface area contributed by atoms with Crippen molar-refractivity contribution in [3.05, 3.63) is 58.4 Å². The number of carboxylic acid groups (broad SMARTS) is 1. The van der Waals surface area contributed by atoms with Gasteiger partial charge in [0.1, 0.15) is 5.82 Å². The molecule has 0 aliphatic carbocycles. The number of hydrogen-bond acceptors (Lipinski definition) is 4. The minimum atomic E-state index is -1.03. The first-order valence-electron chi connectivity index (χ1n) is 7.33. The Kier molecular flexibility index (Phi) is 3.89. The summed E-state index contributed by atoms with van der Waals surface area (Å²) in [5, 5.41) is 13.1. The van der Waals surface area contributed by atoms with Gasteiger partial charge in [-0.15, -0.1) is 0 Å². The lowest BCUT2D eigenvalue weighted by Gasteiger charge is -2.06. The van der Waals surface area contributed by atoms with E-state index in [1.54, 1.807) is 32.0 Å². The van der Waals surface area contributed by atoms with Gasteiger partial charge in [-0.25, -0.2) is 9.18 Å². The Bertz CT molecular complexity index is 947. The highest BCUT2D eigenvalue weighted by molar-refractivity contribution is 5.91. The fourth-order valence-corrected chi connectivity index (χ4v) is 2.59. The standard InChI is InChI=1S/C18H15FN2O3/c1-9-7-8-14(19)15(10(9)2)17-20-16(21-24-17)12-5-4-6-13(11(12)3)18(22)23/h4-8H,1-3H3,(H,22,23). The maximum absolute atomic E-state index is 14.2. The second kappa shape index (κ2) is 5.88. The summed E-state index contributed by atoms with van der Waals surface area (Å²) < 4.78 is 19.4. The molecule has 1 heterocycles. The van der Waals surface area contributed by atoms with Crippen molar-refractivity contribution in [1.82, 2.24) is 10.1 Å². The normalized spacial score (nSPS) is 10.8. The topological polar surface area (TPSA) is 76.2 Å². The van der Waals surface area contributed by atoms with E-state index in [-0.39, 0.29) is 22.8 Å². The summed E-state index contributed by atoms with van der Waals surface area (Å²) in [6, 6.07) is 7.87. The summed E-state index contributed by atoms with van der Waals surface area (Å²) in [7, 11) is 0. The maximum Gasteiger partial charge on any atom is 0.335 e. The molecule has 0 bridgehead atoms. The van der Waals surface area contributed by atoms with E-state index >= 15 is 0 Å². The van der Waals surface area contributed by atoms with Crippen LogP contribution in [0.1, 0.15) is 27.0 Å². The Balaban J connectivity index is 2.12. The first kappa shape index (κ1) is 15.9. The van der Waals surface area contributed by atoms with Crippen molar-refractivity contribution in [2.24, 2.45) is 0 Å². The molecule has 3 rings (SSSR count). The van der Waals surface area contributed by atoms with Crippen LogP contribution in [0.25, 0.3) is 22.8 Å². The van der Waals surface area contributed by atoms with Crippen molar-refractivity contribution in [1.29, 1.82) is 0 Å². The van der Waals surface area contributed by atoms with Gasteiger partial charge >= 0.3 is 5.97 Å². The van der Waals surface area contributed by atoms with Crippen molar-refractivity contribution in [2.75, 3.05) is 0 Å². The molecule has 0 atom stereocenters. The van der Waals surface area contributed by atoms with E-state index in [0.29, 0.717) is 11.1 Å². The zero-order valence-corrected chi connectivity index (χ0v) is 13.4. The smallest absolute Gasteiger partial charge is 0.335 e. The van der Waals surface area contributed by atoms with Crippen molar-refractivity contribution in [3.8, 4) is 22.8 Å². The molecule has 0 unspecified atom stereocenters. The van der Waals surface area contributed by atoms with Crippen molar-refractivity contribution >= 4 is 5.97 Å². The van der Waals surface area contributed by atoms with E-state index in [9.17, 15) is 14.3 Å². The summed E-state index contributed by atoms with van der Waals surface area (Å²) in [6.07, 6.45) is 0. The summed E-state index contributed by atoms with van der Waals surface area (Å²) in [4.78, 5) is 15.5. The molecule has 0 amide bonds. The Morgan fingerprint density at radius 2 is 1.88 bits per heavy atom. The first-order chi connectivity index (χ1) is 11.4. The molecular formula is C18H15FN2O3. The minimum Gasteiger partial charge on any atom is -0.478 e. The van der Waals surface area contributed by atoms with Gasteiger partial charge in [-0.2, -0.15) is 4.98 Å². The van der Waals surface area contributed by atoms with Gasteiger partial charge in [0.05, 0.1) is 11.1 Å². The summed E-state index contributed by atoms with van der Waals surface area (Å²) in [6.45, 7) is 5.33. The lowest BCUT2D eigenvalue weighted by molar-refractivity contribution is 0.0696. The van der Waals surface area contributed by atoms with Crippen molar-refractivity contribution in [2.45, 2.75) is 20.8 Å². The number of rotatable bonds is 3. The zero-order valence-electron chi connectivity index (χ0n) is 13.4. The second-order valence-corrected chi connectivity index (χ2v) is 5.57. The van der Waals surface area contributed by atoms with Crippen LogP contribution in [0.3, 0.4) is 0 Å². The number of carbonyl (C=O) groups is 1. The van der Waals surface area contributed by atoms with Crippen molar-refractivity contribution in [3.63, 3.8) is 0 Å². The molecule has 0 aliphatic heterocycles. The fraction of sp³-hybridized carbons (Fsp3) is 0.167. The molecule has 6 heteroatoms. The third-order valence-electron chi connectivity index (χ3n) is 4.13. The molecule has 1 aromatic heterocycles. The van der Waals surface area contributed by atoms with Crippen LogP contribution in [0.2, 0.25) is 0 Å². The third kappa shape index (κ3) is 2.56. The van der Waals surface area contributed by atoms with Gasteiger partial charge in [0.2, 0.25) is 5.82 Å². The van der Waals surface area contributed by atoms with Crippen LogP contribution in [0.4, 0.5) is 4.39 Å². The van der Waals surface area contributed by atoms with Crippen molar-refractivity contribution < 1.29 is 18.8 Å². The van der Waals surface area contributed by atoms with E-state index < -0.39 is 11.8 Å². The number of carboxylic acids is 1. The molecule has 0 radical (unpaired) electrons. The van der Waals surface area contributed by atoms with Crippen LogP contribution in [0, 0.1) is 26.6 Å². The van der Waals surface area contributed by atoms with E-state index in [0.717, 1.165) is 11.1 Å². The van der Waals surface area contributed by atoms with Gasteiger partial charge < -0.3 is 9.63 Å². The highest BCUT2D eigenvalue weighted by Crippen LogP contribution is 2.30. The molecule has 24 heavy (non-hydrogen) atoms. The third-order valence-corrected chi connectivity index (χ3v) is 4.13. The highest BCUT2D eigenvalue weighted by atomic mass is 19.1. The average Bonchev–Trinajstić information content (AvgIpc) is 3.00. The zero-order chi connectivity index (χ0) is 17.4. The Labute approximate surface area is 137 Å². The summed E-state index contributed by atoms with van der Waals surface area (Å²) >= 11 is 0. The molecule has 1 N–H and O–H groups in total. The number of nitrogens with zero attached hydrogens (tertiary/aromatic N) is 2. The summed E-state index contributed by atoms with van der Waals surface area (Å²) in [5.41, 5.74) is 3.13. The average molecular weight is 326 g/mol. The first-order valence-corrected chi connectivity index (χ1v) is 7.33. The molecule has 0 fully saturated rings. The number of halogens is 1. The van der Waals surface area contributed by atoms with Gasteiger partial charge in [0.25, 0.3) is 5.89 Å². The molecule has 2 aromatic carbocycles. The molecule has 3 aromatic rings. The van der Waals surface area contributed by atoms with Crippen LogP contribution in [-0.2, 0) is 0 Å². The maximum atomic E-state index is 14.2. The monoisotopic (exact) mass is 326 g/mol. The Hall–Kier alpha value is -3.02. The molecule has 0 spiro atoms. The van der Waals surface area contributed by atoms with Crippen LogP contribution in [0.15, 0.2) is 34.9 Å². The Morgan fingerprint density at radius 1 is 1.12 bits per heavy atom. The molecule has 0 saturated heterocycles. The number of aryl methyl sites for hydroxylation is 1. The molecule has 5 nitrogen and oxygen atoms in total. The number of benzene rings is 2. The van der Waals surface area contributed by atoms with E-state index in [1.165, 1.54) is 12.1 Å². The van der Waals surface area contributed by atoms with Gasteiger partial charge in [0.15, 0.2) is 0 Å². The quantitative estimate of drug-likeness (QED) is 0.782.